The molecule has 1 N–H and O–H groups in total. The fourth-order valence-corrected chi connectivity index (χ4v) is 3.76. The van der Waals surface area contributed by atoms with Gasteiger partial charge in [0, 0.05) is 6.04 Å². The molecule has 1 fully saturated rings. The number of hydrogen-bond donors (Lipinski definition) is 1. The van der Waals surface area contributed by atoms with Crippen LogP contribution in [-0.4, -0.2) is 12.6 Å². The zero-order valence-electron chi connectivity index (χ0n) is 12.7. The van der Waals surface area contributed by atoms with Gasteiger partial charge in [-0.25, -0.2) is 0 Å². The highest BCUT2D eigenvalue weighted by molar-refractivity contribution is 5.86. The van der Waals surface area contributed by atoms with Gasteiger partial charge in [0.15, 0.2) is 0 Å². The molecule has 1 aliphatic rings. The van der Waals surface area contributed by atoms with Crippen molar-refractivity contribution in [2.45, 2.75) is 51.0 Å². The van der Waals surface area contributed by atoms with E-state index in [2.05, 4.69) is 61.6 Å². The summed E-state index contributed by atoms with van der Waals surface area (Å²) in [6.45, 7) is 5.84. The zero-order valence-corrected chi connectivity index (χ0v) is 12.7. The third kappa shape index (κ3) is 2.47. The first-order valence-electron chi connectivity index (χ1n) is 7.94. The first-order chi connectivity index (χ1) is 9.73. The van der Waals surface area contributed by atoms with Gasteiger partial charge in [-0.3, -0.25) is 0 Å². The molecule has 2 aromatic carbocycles. The van der Waals surface area contributed by atoms with E-state index in [4.69, 9.17) is 0 Å². The van der Waals surface area contributed by atoms with Crippen molar-refractivity contribution in [3.05, 3.63) is 48.0 Å². The van der Waals surface area contributed by atoms with Crippen LogP contribution in [0.2, 0.25) is 0 Å². The van der Waals surface area contributed by atoms with E-state index in [1.165, 1.54) is 42.0 Å². The van der Waals surface area contributed by atoms with E-state index in [9.17, 15) is 0 Å². The Labute approximate surface area is 122 Å². The van der Waals surface area contributed by atoms with Crippen molar-refractivity contribution < 1.29 is 0 Å². The molecule has 1 nitrogen and oxygen atoms in total. The Kier molecular flexibility index (Phi) is 3.80. The van der Waals surface area contributed by atoms with Gasteiger partial charge in [-0.15, -0.1) is 0 Å². The highest BCUT2D eigenvalue weighted by atomic mass is 14.9. The van der Waals surface area contributed by atoms with Crippen LogP contribution in [0.15, 0.2) is 42.5 Å². The summed E-state index contributed by atoms with van der Waals surface area (Å²) in [6.07, 6.45) is 5.09. The molecule has 0 saturated heterocycles. The number of benzene rings is 2. The van der Waals surface area contributed by atoms with Crippen LogP contribution >= 0.6 is 0 Å². The molecule has 0 aliphatic heterocycles. The standard InChI is InChI=1S/C19H25N/c1-3-13-20-16-11-12-19(2,14-16)18-10-6-8-15-7-4-5-9-17(15)18/h4-10,16,20H,3,11-14H2,1-2H3. The summed E-state index contributed by atoms with van der Waals surface area (Å²) in [4.78, 5) is 0. The summed E-state index contributed by atoms with van der Waals surface area (Å²) in [7, 11) is 0. The third-order valence-corrected chi connectivity index (χ3v) is 4.86. The van der Waals surface area contributed by atoms with Crippen molar-refractivity contribution in [3.63, 3.8) is 0 Å². The average Bonchev–Trinajstić information content (AvgIpc) is 2.87. The maximum atomic E-state index is 3.70. The average molecular weight is 267 g/mol. The molecule has 2 unspecified atom stereocenters. The summed E-state index contributed by atoms with van der Waals surface area (Å²) in [5.74, 6) is 0. The van der Waals surface area contributed by atoms with Crippen LogP contribution in [0.25, 0.3) is 10.8 Å². The predicted molar refractivity (Wildman–Crippen MR) is 87.2 cm³/mol. The zero-order chi connectivity index (χ0) is 14.0. The second-order valence-electron chi connectivity index (χ2n) is 6.48. The molecule has 1 aliphatic carbocycles. The largest absolute Gasteiger partial charge is 0.314 e. The van der Waals surface area contributed by atoms with E-state index in [0.29, 0.717) is 11.5 Å². The van der Waals surface area contributed by atoms with Gasteiger partial charge in [0.05, 0.1) is 0 Å². The van der Waals surface area contributed by atoms with Crippen molar-refractivity contribution in [2.24, 2.45) is 0 Å². The Bertz CT molecular complexity index is 584. The van der Waals surface area contributed by atoms with Crippen molar-refractivity contribution in [2.75, 3.05) is 6.54 Å². The fraction of sp³-hybridized carbons (Fsp3) is 0.474. The summed E-state index contributed by atoms with van der Waals surface area (Å²) >= 11 is 0. The number of fused-ring (bicyclic) bond motifs is 1. The molecule has 0 radical (unpaired) electrons. The van der Waals surface area contributed by atoms with E-state index in [1.807, 2.05) is 0 Å². The van der Waals surface area contributed by atoms with Gasteiger partial charge in [0.1, 0.15) is 0 Å². The Morgan fingerprint density at radius 2 is 1.95 bits per heavy atom. The molecular formula is C19H25N. The molecule has 1 heteroatoms. The van der Waals surface area contributed by atoms with E-state index >= 15 is 0 Å². The van der Waals surface area contributed by atoms with E-state index < -0.39 is 0 Å². The molecular weight excluding hydrogens is 242 g/mol. The Morgan fingerprint density at radius 3 is 2.80 bits per heavy atom. The lowest BCUT2D eigenvalue weighted by Gasteiger charge is -2.27. The quantitative estimate of drug-likeness (QED) is 0.850. The van der Waals surface area contributed by atoms with Crippen LogP contribution < -0.4 is 5.32 Å². The smallest absolute Gasteiger partial charge is 0.00757 e. The van der Waals surface area contributed by atoms with Gasteiger partial charge in [-0.05, 0) is 54.0 Å². The van der Waals surface area contributed by atoms with Crippen LogP contribution in [0.4, 0.5) is 0 Å². The van der Waals surface area contributed by atoms with E-state index in [1.54, 1.807) is 0 Å². The molecule has 3 rings (SSSR count). The SMILES string of the molecule is CCCNC1CCC(C)(c2cccc3ccccc23)C1. The number of nitrogens with one attached hydrogen (secondary N) is 1. The molecule has 2 atom stereocenters. The lowest BCUT2D eigenvalue weighted by Crippen LogP contribution is -2.29. The van der Waals surface area contributed by atoms with Crippen LogP contribution in [0.1, 0.15) is 45.1 Å². The van der Waals surface area contributed by atoms with E-state index in [0.717, 1.165) is 6.54 Å². The molecule has 0 bridgehead atoms. The summed E-state index contributed by atoms with van der Waals surface area (Å²) < 4.78 is 0. The molecule has 0 aromatic heterocycles. The molecule has 106 valence electrons. The minimum Gasteiger partial charge on any atom is -0.314 e. The lowest BCUT2D eigenvalue weighted by molar-refractivity contribution is 0.455. The van der Waals surface area contributed by atoms with Crippen molar-refractivity contribution in [3.8, 4) is 0 Å². The fourth-order valence-electron chi connectivity index (χ4n) is 3.76. The highest BCUT2D eigenvalue weighted by Gasteiger charge is 2.36. The predicted octanol–water partition coefficient (Wildman–Crippen LogP) is 4.65. The Balaban J connectivity index is 1.91. The van der Waals surface area contributed by atoms with Gasteiger partial charge in [-0.1, -0.05) is 56.3 Å². The first-order valence-corrected chi connectivity index (χ1v) is 7.94. The van der Waals surface area contributed by atoms with Crippen LogP contribution in [0, 0.1) is 0 Å². The minimum absolute atomic E-state index is 0.326. The van der Waals surface area contributed by atoms with Gasteiger partial charge >= 0.3 is 0 Å². The monoisotopic (exact) mass is 267 g/mol. The number of hydrogen-bond acceptors (Lipinski definition) is 1. The van der Waals surface area contributed by atoms with E-state index in [-0.39, 0.29) is 0 Å². The number of rotatable bonds is 4. The minimum atomic E-state index is 0.326. The second kappa shape index (κ2) is 5.57. The van der Waals surface area contributed by atoms with Crippen LogP contribution in [0.5, 0.6) is 0 Å². The van der Waals surface area contributed by atoms with Crippen molar-refractivity contribution in [1.29, 1.82) is 0 Å². The summed E-state index contributed by atoms with van der Waals surface area (Å²) in [5, 5.41) is 6.51. The first kappa shape index (κ1) is 13.6. The van der Waals surface area contributed by atoms with Crippen LogP contribution in [0.3, 0.4) is 0 Å². The molecule has 0 amide bonds. The van der Waals surface area contributed by atoms with Gasteiger partial charge in [-0.2, -0.15) is 0 Å². The van der Waals surface area contributed by atoms with Gasteiger partial charge in [0.25, 0.3) is 0 Å². The molecule has 2 aromatic rings. The third-order valence-electron chi connectivity index (χ3n) is 4.86. The summed E-state index contributed by atoms with van der Waals surface area (Å²) in [6, 6.07) is 16.3. The molecule has 0 heterocycles. The van der Waals surface area contributed by atoms with Gasteiger partial charge < -0.3 is 5.32 Å². The van der Waals surface area contributed by atoms with Gasteiger partial charge in [0.2, 0.25) is 0 Å². The molecule has 0 spiro atoms. The normalized spacial score (nSPS) is 26.2. The topological polar surface area (TPSA) is 12.0 Å². The summed E-state index contributed by atoms with van der Waals surface area (Å²) in [5.41, 5.74) is 1.86. The maximum Gasteiger partial charge on any atom is 0.00757 e. The molecule has 1 saturated carbocycles. The second-order valence-corrected chi connectivity index (χ2v) is 6.48. The Morgan fingerprint density at radius 1 is 1.15 bits per heavy atom. The van der Waals surface area contributed by atoms with Crippen molar-refractivity contribution in [1.82, 2.24) is 5.32 Å². The maximum absolute atomic E-state index is 3.70. The highest BCUT2D eigenvalue weighted by Crippen LogP contribution is 2.43. The van der Waals surface area contributed by atoms with Crippen molar-refractivity contribution >= 4 is 10.8 Å². The molecule has 20 heavy (non-hydrogen) atoms. The van der Waals surface area contributed by atoms with Crippen LogP contribution in [-0.2, 0) is 5.41 Å². The Hall–Kier alpha value is -1.34. The lowest BCUT2D eigenvalue weighted by atomic mass is 9.78.